The number of aromatic amines is 1. The second-order valence-electron chi connectivity index (χ2n) is 4.06. The molecule has 1 N–H and O–H groups in total. The summed E-state index contributed by atoms with van der Waals surface area (Å²) in [4.78, 5) is 3.01. The van der Waals surface area contributed by atoms with Gasteiger partial charge in [-0.1, -0.05) is 37.3 Å². The van der Waals surface area contributed by atoms with Gasteiger partial charge in [0, 0.05) is 18.9 Å². The summed E-state index contributed by atoms with van der Waals surface area (Å²) in [5, 5.41) is 0. The number of rotatable bonds is 4. The summed E-state index contributed by atoms with van der Waals surface area (Å²) in [5.74, 6) is 0.568. The highest BCUT2D eigenvalue weighted by Gasteiger charge is 2.04. The van der Waals surface area contributed by atoms with E-state index in [0.717, 1.165) is 17.7 Å². The zero-order valence-electron chi connectivity index (χ0n) is 9.39. The van der Waals surface area contributed by atoms with Gasteiger partial charge in [0.25, 0.3) is 0 Å². The van der Waals surface area contributed by atoms with Crippen molar-refractivity contribution in [1.29, 1.82) is 0 Å². The Morgan fingerprint density at radius 1 is 1.31 bits per heavy atom. The number of hydrogen-bond donors (Lipinski definition) is 1. The van der Waals surface area contributed by atoms with Crippen LogP contribution in [0.25, 0.3) is 0 Å². The average molecular weight is 232 g/mol. The van der Waals surface area contributed by atoms with E-state index in [1.165, 1.54) is 5.56 Å². The zero-order valence-corrected chi connectivity index (χ0v) is 10.2. The van der Waals surface area contributed by atoms with Crippen LogP contribution >= 0.6 is 12.2 Å². The third kappa shape index (κ3) is 2.61. The third-order valence-electron chi connectivity index (χ3n) is 2.89. The second-order valence-corrected chi connectivity index (χ2v) is 4.45. The molecule has 0 radical (unpaired) electrons. The highest BCUT2D eigenvalue weighted by molar-refractivity contribution is 7.71. The molecule has 3 heteroatoms. The molecule has 0 saturated carbocycles. The molecule has 84 valence electrons. The fourth-order valence-corrected chi connectivity index (χ4v) is 2.03. The summed E-state index contributed by atoms with van der Waals surface area (Å²) >= 11 is 5.16. The number of nitrogens with zero attached hydrogens (tertiary/aromatic N) is 1. The summed E-state index contributed by atoms with van der Waals surface area (Å²) in [5.41, 5.74) is 1.39. The minimum Gasteiger partial charge on any atom is -0.337 e. The average Bonchev–Trinajstić information content (AvgIpc) is 2.73. The number of benzene rings is 1. The standard InChI is InChI=1S/C13H16N2S/c1-11(12-5-3-2-4-6-12)7-9-15-10-8-14-13(15)16/h2-6,8,10-11H,7,9H2,1H3,(H,14,16)/t11-/m1/s1. The Hall–Kier alpha value is -1.35. The molecule has 0 aliphatic rings. The molecule has 1 aromatic carbocycles. The lowest BCUT2D eigenvalue weighted by molar-refractivity contribution is 0.571. The van der Waals surface area contributed by atoms with Gasteiger partial charge in [-0.25, -0.2) is 0 Å². The van der Waals surface area contributed by atoms with Crippen LogP contribution in [0.15, 0.2) is 42.7 Å². The summed E-state index contributed by atoms with van der Waals surface area (Å²) in [7, 11) is 0. The van der Waals surface area contributed by atoms with Crippen molar-refractivity contribution in [2.24, 2.45) is 0 Å². The van der Waals surface area contributed by atoms with Crippen LogP contribution in [0.2, 0.25) is 0 Å². The van der Waals surface area contributed by atoms with Crippen molar-refractivity contribution in [1.82, 2.24) is 9.55 Å². The van der Waals surface area contributed by atoms with Crippen LogP contribution < -0.4 is 0 Å². The predicted molar refractivity (Wildman–Crippen MR) is 69.1 cm³/mol. The first kappa shape index (κ1) is 11.1. The van der Waals surface area contributed by atoms with Gasteiger partial charge in [-0.05, 0) is 30.1 Å². The first-order chi connectivity index (χ1) is 7.77. The second kappa shape index (κ2) is 5.12. The topological polar surface area (TPSA) is 20.7 Å². The highest BCUT2D eigenvalue weighted by Crippen LogP contribution is 2.19. The molecule has 2 nitrogen and oxygen atoms in total. The summed E-state index contributed by atoms with van der Waals surface area (Å²) in [6.07, 6.45) is 4.99. The largest absolute Gasteiger partial charge is 0.337 e. The van der Waals surface area contributed by atoms with Gasteiger partial charge in [-0.2, -0.15) is 0 Å². The van der Waals surface area contributed by atoms with Gasteiger partial charge in [-0.15, -0.1) is 0 Å². The third-order valence-corrected chi connectivity index (χ3v) is 3.25. The minimum atomic E-state index is 0.568. The lowest BCUT2D eigenvalue weighted by Gasteiger charge is -2.11. The molecule has 2 aromatic rings. The molecule has 1 aromatic heterocycles. The van der Waals surface area contributed by atoms with Crippen LogP contribution in [-0.2, 0) is 6.54 Å². The maximum absolute atomic E-state index is 5.16. The van der Waals surface area contributed by atoms with Crippen LogP contribution in [0, 0.1) is 4.77 Å². The van der Waals surface area contributed by atoms with Crippen molar-refractivity contribution in [2.75, 3.05) is 0 Å². The fraction of sp³-hybridized carbons (Fsp3) is 0.308. The molecule has 0 amide bonds. The van der Waals surface area contributed by atoms with Gasteiger partial charge in [0.2, 0.25) is 0 Å². The maximum Gasteiger partial charge on any atom is 0.177 e. The van der Waals surface area contributed by atoms with Gasteiger partial charge in [0.1, 0.15) is 0 Å². The Morgan fingerprint density at radius 3 is 2.69 bits per heavy atom. The normalized spacial score (nSPS) is 12.6. The Kier molecular flexibility index (Phi) is 3.57. The fourth-order valence-electron chi connectivity index (χ4n) is 1.81. The van der Waals surface area contributed by atoms with Gasteiger partial charge in [0.05, 0.1) is 0 Å². The van der Waals surface area contributed by atoms with Gasteiger partial charge in [-0.3, -0.25) is 0 Å². The minimum absolute atomic E-state index is 0.568. The zero-order chi connectivity index (χ0) is 11.4. The van der Waals surface area contributed by atoms with E-state index in [2.05, 4.69) is 46.8 Å². The SMILES string of the molecule is C[C@H](CCn1cc[nH]c1=S)c1ccccc1. The Bertz CT molecular complexity index is 484. The molecule has 0 fully saturated rings. The van der Waals surface area contributed by atoms with E-state index < -0.39 is 0 Å². The van der Waals surface area contributed by atoms with Crippen molar-refractivity contribution >= 4 is 12.2 Å². The monoisotopic (exact) mass is 232 g/mol. The van der Waals surface area contributed by atoms with E-state index in [1.807, 2.05) is 12.4 Å². The summed E-state index contributed by atoms with van der Waals surface area (Å²) in [6, 6.07) is 10.6. The van der Waals surface area contributed by atoms with E-state index in [0.29, 0.717) is 5.92 Å². The number of imidazole rings is 1. The van der Waals surface area contributed by atoms with E-state index in [1.54, 1.807) is 0 Å². The quantitative estimate of drug-likeness (QED) is 0.796. The molecule has 0 unspecified atom stereocenters. The molecule has 0 aliphatic carbocycles. The van der Waals surface area contributed by atoms with Crippen molar-refractivity contribution in [3.05, 3.63) is 53.1 Å². The molecule has 16 heavy (non-hydrogen) atoms. The van der Waals surface area contributed by atoms with E-state index in [9.17, 15) is 0 Å². The van der Waals surface area contributed by atoms with E-state index in [-0.39, 0.29) is 0 Å². The molecular formula is C13H16N2S. The number of aryl methyl sites for hydroxylation is 1. The van der Waals surface area contributed by atoms with Crippen LogP contribution in [0.5, 0.6) is 0 Å². The Balaban J connectivity index is 1.97. The predicted octanol–water partition coefficient (Wildman–Crippen LogP) is 3.74. The molecule has 0 aliphatic heterocycles. The molecule has 0 saturated heterocycles. The van der Waals surface area contributed by atoms with Crippen LogP contribution in [0.3, 0.4) is 0 Å². The van der Waals surface area contributed by atoms with Crippen molar-refractivity contribution in [2.45, 2.75) is 25.8 Å². The van der Waals surface area contributed by atoms with Crippen LogP contribution in [-0.4, -0.2) is 9.55 Å². The molecule has 0 spiro atoms. The Labute approximate surface area is 101 Å². The van der Waals surface area contributed by atoms with Gasteiger partial charge in [0.15, 0.2) is 4.77 Å². The van der Waals surface area contributed by atoms with Crippen LogP contribution in [0.4, 0.5) is 0 Å². The maximum atomic E-state index is 5.16. The smallest absolute Gasteiger partial charge is 0.177 e. The molecule has 1 atom stereocenters. The summed E-state index contributed by atoms with van der Waals surface area (Å²) in [6.45, 7) is 3.23. The van der Waals surface area contributed by atoms with E-state index in [4.69, 9.17) is 12.2 Å². The molecule has 0 bridgehead atoms. The first-order valence-corrected chi connectivity index (χ1v) is 5.97. The first-order valence-electron chi connectivity index (χ1n) is 5.56. The van der Waals surface area contributed by atoms with E-state index >= 15 is 0 Å². The number of aromatic nitrogens is 2. The Morgan fingerprint density at radius 2 is 2.06 bits per heavy atom. The number of nitrogens with one attached hydrogen (secondary N) is 1. The van der Waals surface area contributed by atoms with Crippen molar-refractivity contribution in [3.63, 3.8) is 0 Å². The molecule has 1 heterocycles. The number of H-pyrrole nitrogens is 1. The van der Waals surface area contributed by atoms with Gasteiger partial charge < -0.3 is 9.55 Å². The van der Waals surface area contributed by atoms with Crippen LogP contribution in [0.1, 0.15) is 24.8 Å². The summed E-state index contributed by atoms with van der Waals surface area (Å²) < 4.78 is 2.88. The van der Waals surface area contributed by atoms with Crippen molar-refractivity contribution < 1.29 is 0 Å². The lowest BCUT2D eigenvalue weighted by Crippen LogP contribution is -2.02. The lowest BCUT2D eigenvalue weighted by atomic mass is 9.98. The highest BCUT2D eigenvalue weighted by atomic mass is 32.1. The molecule has 2 rings (SSSR count). The number of hydrogen-bond acceptors (Lipinski definition) is 1. The van der Waals surface area contributed by atoms with Gasteiger partial charge >= 0.3 is 0 Å². The van der Waals surface area contributed by atoms with Crippen molar-refractivity contribution in [3.8, 4) is 0 Å². The molecular weight excluding hydrogens is 216 g/mol.